The molecule has 3 rings (SSSR count). The molecular weight excluding hydrogens is 450 g/mol. The molecule has 0 saturated carbocycles. The monoisotopic (exact) mass is 467 g/mol. The predicted molar refractivity (Wildman–Crippen MR) is 109 cm³/mol. The number of benzene rings is 1. The number of imide groups is 1. The van der Waals surface area contributed by atoms with E-state index in [9.17, 15) is 28.2 Å². The van der Waals surface area contributed by atoms with E-state index in [1.54, 1.807) is 12.1 Å². The normalized spacial score (nSPS) is 21.8. The van der Waals surface area contributed by atoms with Gasteiger partial charge in [0.1, 0.15) is 0 Å². The van der Waals surface area contributed by atoms with E-state index in [-0.39, 0.29) is 16.7 Å². The molecule has 4 amide bonds. The van der Waals surface area contributed by atoms with E-state index in [0.717, 1.165) is 16.7 Å². The van der Waals surface area contributed by atoms with Gasteiger partial charge in [0.15, 0.2) is 22.8 Å². The van der Waals surface area contributed by atoms with Crippen molar-refractivity contribution in [3.05, 3.63) is 47.5 Å². The SMILES string of the molecule is C=C(C)C(C(=O)OCN1C(=O)c2ccccc2C1=O)N1C(=O)CC1(NC(C)=O)S(=O)Cl. The number of nitrogens with zero attached hydrogens (tertiary/aromatic N) is 2. The maximum Gasteiger partial charge on any atom is 0.335 e. The van der Waals surface area contributed by atoms with Gasteiger partial charge in [-0.3, -0.25) is 24.1 Å². The standard InChI is InChI=1S/C19H18ClN3O7S/c1-10(2)15(23-14(25)8-19(23,31(20)29)21-11(3)24)18(28)30-9-22-16(26)12-6-4-5-7-13(12)17(22)27/h4-7,15H,1,8-9H2,2-3H3,(H,21,24). The van der Waals surface area contributed by atoms with Crippen LogP contribution in [0.4, 0.5) is 0 Å². The molecule has 0 aromatic heterocycles. The lowest BCUT2D eigenvalue weighted by atomic mass is 10.00. The number of ether oxygens (including phenoxy) is 1. The number of carbonyl (C=O) groups excluding carboxylic acids is 5. The van der Waals surface area contributed by atoms with Crippen molar-refractivity contribution in [2.45, 2.75) is 31.3 Å². The lowest BCUT2D eigenvalue weighted by molar-refractivity contribution is -0.169. The fraction of sp³-hybridized carbons (Fsp3) is 0.316. The van der Waals surface area contributed by atoms with Crippen molar-refractivity contribution in [2.75, 3.05) is 6.73 Å². The van der Waals surface area contributed by atoms with Crippen LogP contribution in [-0.2, 0) is 29.1 Å². The molecule has 12 heteroatoms. The maximum atomic E-state index is 12.8. The molecule has 10 nitrogen and oxygen atoms in total. The van der Waals surface area contributed by atoms with Gasteiger partial charge in [-0.15, -0.1) is 0 Å². The van der Waals surface area contributed by atoms with Crippen LogP contribution in [-0.4, -0.2) is 61.4 Å². The Morgan fingerprint density at radius 2 is 1.77 bits per heavy atom. The Kier molecular flexibility index (Phi) is 6.01. The first-order valence-corrected chi connectivity index (χ1v) is 10.9. The molecule has 2 aliphatic rings. The van der Waals surface area contributed by atoms with E-state index in [4.69, 9.17) is 15.4 Å². The molecular formula is C19H18ClN3O7S. The molecule has 1 aromatic carbocycles. The highest BCUT2D eigenvalue weighted by Gasteiger charge is 2.61. The number of hydrogen-bond acceptors (Lipinski definition) is 7. The summed E-state index contributed by atoms with van der Waals surface area (Å²) in [6.07, 6.45) is -0.391. The number of likely N-dealkylation sites (tertiary alicyclic amines) is 1. The fourth-order valence-corrected chi connectivity index (χ4v) is 4.81. The Morgan fingerprint density at radius 1 is 1.23 bits per heavy atom. The second-order valence-corrected chi connectivity index (χ2v) is 9.02. The molecule has 3 unspecified atom stereocenters. The molecule has 3 atom stereocenters. The molecule has 0 spiro atoms. The van der Waals surface area contributed by atoms with Gasteiger partial charge < -0.3 is 10.1 Å². The van der Waals surface area contributed by atoms with E-state index in [1.165, 1.54) is 19.1 Å². The third-order valence-electron chi connectivity index (χ3n) is 4.85. The Morgan fingerprint density at radius 3 is 2.19 bits per heavy atom. The minimum absolute atomic E-state index is 0.136. The van der Waals surface area contributed by atoms with Crippen LogP contribution in [0, 0.1) is 0 Å². The van der Waals surface area contributed by atoms with Crippen LogP contribution < -0.4 is 5.32 Å². The molecule has 31 heavy (non-hydrogen) atoms. The molecule has 0 aliphatic carbocycles. The van der Waals surface area contributed by atoms with Gasteiger partial charge in [0.05, 0.1) is 17.5 Å². The van der Waals surface area contributed by atoms with Crippen LogP contribution >= 0.6 is 10.7 Å². The zero-order valence-electron chi connectivity index (χ0n) is 16.5. The largest absolute Gasteiger partial charge is 0.442 e. The molecule has 1 aromatic rings. The average molecular weight is 468 g/mol. The summed E-state index contributed by atoms with van der Waals surface area (Å²) in [6.45, 7) is 5.53. The number of fused-ring (bicyclic) bond motifs is 1. The number of hydrogen-bond donors (Lipinski definition) is 1. The van der Waals surface area contributed by atoms with Gasteiger partial charge >= 0.3 is 5.97 Å². The maximum absolute atomic E-state index is 12.8. The lowest BCUT2D eigenvalue weighted by Crippen LogP contribution is -2.76. The zero-order valence-corrected chi connectivity index (χ0v) is 18.1. The first-order valence-electron chi connectivity index (χ1n) is 8.97. The lowest BCUT2D eigenvalue weighted by Gasteiger charge is -2.51. The number of halogens is 1. The van der Waals surface area contributed by atoms with Gasteiger partial charge in [-0.05, 0) is 35.3 Å². The molecule has 2 aliphatic heterocycles. The summed E-state index contributed by atoms with van der Waals surface area (Å²) in [5.41, 5.74) is 0.498. The van der Waals surface area contributed by atoms with Gasteiger partial charge in [0.2, 0.25) is 16.8 Å². The van der Waals surface area contributed by atoms with Crippen molar-refractivity contribution >= 4 is 50.3 Å². The highest BCUT2D eigenvalue weighted by atomic mass is 35.7. The summed E-state index contributed by atoms with van der Waals surface area (Å²) >= 11 is 0. The van der Waals surface area contributed by atoms with Crippen molar-refractivity contribution < 1.29 is 32.9 Å². The Labute approximate surface area is 184 Å². The first kappa shape index (κ1) is 22.6. The van der Waals surface area contributed by atoms with Crippen LogP contribution in [0.5, 0.6) is 0 Å². The van der Waals surface area contributed by atoms with E-state index < -0.39 is 63.8 Å². The van der Waals surface area contributed by atoms with E-state index in [0.29, 0.717) is 0 Å². The molecule has 0 bridgehead atoms. The van der Waals surface area contributed by atoms with Gasteiger partial charge in [0, 0.05) is 6.92 Å². The number of rotatable bonds is 7. The van der Waals surface area contributed by atoms with Crippen LogP contribution in [0.1, 0.15) is 41.0 Å². The third-order valence-corrected chi connectivity index (χ3v) is 6.59. The minimum atomic E-state index is -2.27. The van der Waals surface area contributed by atoms with E-state index in [1.807, 2.05) is 0 Å². The van der Waals surface area contributed by atoms with Gasteiger partial charge in [0.25, 0.3) is 11.8 Å². The summed E-state index contributed by atoms with van der Waals surface area (Å²) < 4.78 is 17.3. The average Bonchev–Trinajstić information content (AvgIpc) is 2.93. The molecule has 164 valence electrons. The second-order valence-electron chi connectivity index (χ2n) is 7.05. The summed E-state index contributed by atoms with van der Waals surface area (Å²) in [7, 11) is 3.47. The quantitative estimate of drug-likeness (QED) is 0.205. The van der Waals surface area contributed by atoms with Crippen LogP contribution in [0.15, 0.2) is 36.4 Å². The van der Waals surface area contributed by atoms with Gasteiger partial charge in [-0.1, -0.05) is 18.7 Å². The third kappa shape index (κ3) is 3.74. The number of carbonyl (C=O) groups is 5. The smallest absolute Gasteiger partial charge is 0.335 e. The van der Waals surface area contributed by atoms with Crippen LogP contribution in [0.2, 0.25) is 0 Å². The number of nitrogens with one attached hydrogen (secondary N) is 1. The molecule has 1 saturated heterocycles. The fourth-order valence-electron chi connectivity index (χ4n) is 3.48. The number of amides is 4. The Balaban J connectivity index is 1.80. The van der Waals surface area contributed by atoms with Crippen molar-refractivity contribution in [3.63, 3.8) is 0 Å². The molecule has 0 radical (unpaired) electrons. The van der Waals surface area contributed by atoms with Crippen LogP contribution in [0.3, 0.4) is 0 Å². The highest BCUT2D eigenvalue weighted by molar-refractivity contribution is 8.09. The van der Waals surface area contributed by atoms with Crippen molar-refractivity contribution in [2.24, 2.45) is 0 Å². The van der Waals surface area contributed by atoms with Gasteiger partial charge in [-0.25, -0.2) is 13.9 Å². The van der Waals surface area contributed by atoms with Crippen molar-refractivity contribution in [3.8, 4) is 0 Å². The molecule has 1 N–H and O–H groups in total. The molecule has 2 heterocycles. The van der Waals surface area contributed by atoms with E-state index in [2.05, 4.69) is 11.9 Å². The second kappa shape index (κ2) is 8.23. The molecule has 1 fully saturated rings. The summed E-state index contributed by atoms with van der Waals surface area (Å²) in [6, 6.07) is 4.69. The number of esters is 1. The van der Waals surface area contributed by atoms with Crippen molar-refractivity contribution in [1.29, 1.82) is 0 Å². The summed E-state index contributed by atoms with van der Waals surface area (Å²) in [5, 5.41) is 2.35. The minimum Gasteiger partial charge on any atom is -0.442 e. The van der Waals surface area contributed by atoms with E-state index >= 15 is 0 Å². The summed E-state index contributed by atoms with van der Waals surface area (Å²) in [5.74, 6) is -3.53. The highest BCUT2D eigenvalue weighted by Crippen LogP contribution is 2.38. The topological polar surface area (TPSA) is 130 Å². The van der Waals surface area contributed by atoms with Crippen molar-refractivity contribution in [1.82, 2.24) is 15.1 Å². The summed E-state index contributed by atoms with van der Waals surface area (Å²) in [4.78, 5) is 61.3. The Bertz CT molecular complexity index is 1020. The number of β-lactam (4-membered cyclic amide) rings is 1. The zero-order chi connectivity index (χ0) is 23.1. The predicted octanol–water partition coefficient (Wildman–Crippen LogP) is 0.653. The Hall–Kier alpha value is -3.05. The van der Waals surface area contributed by atoms with Crippen LogP contribution in [0.25, 0.3) is 0 Å². The van der Waals surface area contributed by atoms with Gasteiger partial charge in [-0.2, -0.15) is 0 Å². The first-order chi connectivity index (χ1) is 14.5.